The van der Waals surface area contributed by atoms with Crippen LogP contribution < -0.4 is 4.74 Å². The van der Waals surface area contributed by atoms with Gasteiger partial charge in [0.25, 0.3) is 5.91 Å². The number of para-hydroxylation sites is 1. The Morgan fingerprint density at radius 3 is 2.33 bits per heavy atom. The maximum absolute atomic E-state index is 12.3. The molecule has 24 heavy (non-hydrogen) atoms. The molecule has 0 aliphatic heterocycles. The van der Waals surface area contributed by atoms with Crippen LogP contribution in [0.1, 0.15) is 11.1 Å². The lowest BCUT2D eigenvalue weighted by Gasteiger charge is -2.19. The molecule has 0 aliphatic carbocycles. The average molecular weight is 337 g/mol. The zero-order chi connectivity index (χ0) is 17.6. The second kappa shape index (κ2) is 7.86. The number of hydrogen-bond donors (Lipinski definition) is 0. The standard InChI is InChI=1S/C18H18F3NO2/c1-22(13-18(19,20)21)17(23)12-24-16-10-6-5-9-15(16)11-14-7-3-2-4-8-14/h2-10H,11-13H2,1H3. The van der Waals surface area contributed by atoms with Gasteiger partial charge in [-0.1, -0.05) is 48.5 Å². The van der Waals surface area contributed by atoms with Crippen molar-refractivity contribution in [2.45, 2.75) is 12.6 Å². The molecule has 6 heteroatoms. The molecular weight excluding hydrogens is 319 g/mol. The van der Waals surface area contributed by atoms with Gasteiger partial charge in [0, 0.05) is 13.5 Å². The van der Waals surface area contributed by atoms with Crippen LogP contribution in [0.25, 0.3) is 0 Å². The first-order valence-corrected chi connectivity index (χ1v) is 7.40. The van der Waals surface area contributed by atoms with Gasteiger partial charge in [0.2, 0.25) is 0 Å². The number of likely N-dealkylation sites (N-methyl/N-ethyl adjacent to an activating group) is 1. The molecular formula is C18H18F3NO2. The Kier molecular flexibility index (Phi) is 5.84. The zero-order valence-corrected chi connectivity index (χ0v) is 13.2. The van der Waals surface area contributed by atoms with Crippen molar-refractivity contribution >= 4 is 5.91 Å². The van der Waals surface area contributed by atoms with Crippen LogP contribution in [0.5, 0.6) is 5.75 Å². The molecule has 0 aliphatic rings. The fraction of sp³-hybridized carbons (Fsp3) is 0.278. The highest BCUT2D eigenvalue weighted by Crippen LogP contribution is 2.22. The summed E-state index contributed by atoms with van der Waals surface area (Å²) in [6.07, 6.45) is -3.81. The lowest BCUT2D eigenvalue weighted by molar-refractivity contribution is -0.159. The monoisotopic (exact) mass is 337 g/mol. The third-order valence-corrected chi connectivity index (χ3v) is 3.40. The van der Waals surface area contributed by atoms with Gasteiger partial charge >= 0.3 is 6.18 Å². The Morgan fingerprint density at radius 1 is 1.04 bits per heavy atom. The SMILES string of the molecule is CN(CC(F)(F)F)C(=O)COc1ccccc1Cc1ccccc1. The normalized spacial score (nSPS) is 11.2. The number of nitrogens with zero attached hydrogens (tertiary/aromatic N) is 1. The quantitative estimate of drug-likeness (QED) is 0.805. The van der Waals surface area contributed by atoms with Gasteiger partial charge in [0.15, 0.2) is 6.61 Å². The first-order valence-electron chi connectivity index (χ1n) is 7.40. The van der Waals surface area contributed by atoms with E-state index in [1.807, 2.05) is 42.5 Å². The van der Waals surface area contributed by atoms with E-state index in [1.165, 1.54) is 0 Å². The van der Waals surface area contributed by atoms with E-state index in [4.69, 9.17) is 4.74 Å². The molecule has 0 aromatic heterocycles. The van der Waals surface area contributed by atoms with Crippen LogP contribution in [0.4, 0.5) is 13.2 Å². The minimum absolute atomic E-state index is 0.432. The Labute approximate surface area is 138 Å². The number of carbonyl (C=O) groups excluding carboxylic acids is 1. The van der Waals surface area contributed by atoms with E-state index in [0.29, 0.717) is 17.1 Å². The smallest absolute Gasteiger partial charge is 0.406 e. The molecule has 1 amide bonds. The van der Waals surface area contributed by atoms with Gasteiger partial charge in [-0.05, 0) is 17.2 Å². The summed E-state index contributed by atoms with van der Waals surface area (Å²) in [5, 5.41) is 0. The maximum atomic E-state index is 12.3. The number of rotatable bonds is 6. The van der Waals surface area contributed by atoms with Gasteiger partial charge in [-0.15, -0.1) is 0 Å². The lowest BCUT2D eigenvalue weighted by Crippen LogP contribution is -2.38. The van der Waals surface area contributed by atoms with Crippen molar-refractivity contribution in [3.05, 3.63) is 65.7 Å². The Hall–Kier alpha value is -2.50. The number of hydrogen-bond acceptors (Lipinski definition) is 2. The van der Waals surface area contributed by atoms with Crippen molar-refractivity contribution < 1.29 is 22.7 Å². The highest BCUT2D eigenvalue weighted by Gasteiger charge is 2.31. The highest BCUT2D eigenvalue weighted by atomic mass is 19.4. The molecule has 0 heterocycles. The topological polar surface area (TPSA) is 29.5 Å². The van der Waals surface area contributed by atoms with E-state index in [0.717, 1.165) is 18.2 Å². The number of benzene rings is 2. The van der Waals surface area contributed by atoms with Crippen LogP contribution in [0, 0.1) is 0 Å². The van der Waals surface area contributed by atoms with Crippen molar-refractivity contribution in [2.24, 2.45) is 0 Å². The summed E-state index contributed by atoms with van der Waals surface area (Å²) in [6, 6.07) is 16.9. The predicted molar refractivity (Wildman–Crippen MR) is 84.9 cm³/mol. The van der Waals surface area contributed by atoms with Crippen LogP contribution in [-0.2, 0) is 11.2 Å². The molecule has 0 bridgehead atoms. The first-order chi connectivity index (χ1) is 11.3. The van der Waals surface area contributed by atoms with Gasteiger partial charge in [-0.2, -0.15) is 13.2 Å². The number of carbonyl (C=O) groups is 1. The van der Waals surface area contributed by atoms with E-state index in [9.17, 15) is 18.0 Å². The van der Waals surface area contributed by atoms with E-state index in [2.05, 4.69) is 0 Å². The second-order valence-electron chi connectivity index (χ2n) is 5.42. The fourth-order valence-electron chi connectivity index (χ4n) is 2.21. The molecule has 2 aromatic carbocycles. The first kappa shape index (κ1) is 17.8. The van der Waals surface area contributed by atoms with Crippen LogP contribution >= 0.6 is 0 Å². The summed E-state index contributed by atoms with van der Waals surface area (Å²) in [5.74, 6) is -0.225. The summed E-state index contributed by atoms with van der Waals surface area (Å²) in [6.45, 7) is -1.72. The van der Waals surface area contributed by atoms with Gasteiger partial charge in [0.05, 0.1) is 0 Å². The minimum atomic E-state index is -4.42. The van der Waals surface area contributed by atoms with Crippen molar-refractivity contribution in [1.29, 1.82) is 0 Å². The summed E-state index contributed by atoms with van der Waals surface area (Å²) in [4.78, 5) is 12.4. The molecule has 128 valence electrons. The Bertz CT molecular complexity index is 671. The average Bonchev–Trinajstić information content (AvgIpc) is 2.53. The third-order valence-electron chi connectivity index (χ3n) is 3.40. The fourth-order valence-corrected chi connectivity index (χ4v) is 2.21. The maximum Gasteiger partial charge on any atom is 0.406 e. The van der Waals surface area contributed by atoms with Gasteiger partial charge in [-0.25, -0.2) is 0 Å². The van der Waals surface area contributed by atoms with Crippen LogP contribution in [-0.4, -0.2) is 37.2 Å². The number of alkyl halides is 3. The van der Waals surface area contributed by atoms with Crippen LogP contribution in [0.2, 0.25) is 0 Å². The molecule has 0 fully saturated rings. The Morgan fingerprint density at radius 2 is 1.67 bits per heavy atom. The van der Waals surface area contributed by atoms with Crippen molar-refractivity contribution in [1.82, 2.24) is 4.90 Å². The molecule has 2 rings (SSSR count). The second-order valence-corrected chi connectivity index (χ2v) is 5.42. The molecule has 3 nitrogen and oxygen atoms in total. The molecule has 0 N–H and O–H groups in total. The summed E-state index contributed by atoms with van der Waals surface area (Å²) < 4.78 is 42.4. The third kappa shape index (κ3) is 5.61. The summed E-state index contributed by atoms with van der Waals surface area (Å²) in [5.41, 5.74) is 1.95. The Balaban J connectivity index is 1.99. The molecule has 0 saturated heterocycles. The largest absolute Gasteiger partial charge is 0.483 e. The highest BCUT2D eigenvalue weighted by molar-refractivity contribution is 5.77. The predicted octanol–water partition coefficient (Wildman–Crippen LogP) is 3.68. The molecule has 0 radical (unpaired) electrons. The van der Waals surface area contributed by atoms with E-state index >= 15 is 0 Å². The van der Waals surface area contributed by atoms with Gasteiger partial charge in [-0.3, -0.25) is 4.79 Å². The molecule has 0 saturated carbocycles. The van der Waals surface area contributed by atoms with Crippen molar-refractivity contribution in [3.63, 3.8) is 0 Å². The van der Waals surface area contributed by atoms with E-state index < -0.39 is 25.2 Å². The van der Waals surface area contributed by atoms with Crippen molar-refractivity contribution in [3.8, 4) is 5.75 Å². The molecule has 0 spiro atoms. The minimum Gasteiger partial charge on any atom is -0.483 e. The van der Waals surface area contributed by atoms with E-state index in [-0.39, 0.29) is 0 Å². The number of halogens is 3. The van der Waals surface area contributed by atoms with Crippen LogP contribution in [0.15, 0.2) is 54.6 Å². The van der Waals surface area contributed by atoms with E-state index in [1.54, 1.807) is 12.1 Å². The van der Waals surface area contributed by atoms with Gasteiger partial charge in [0.1, 0.15) is 12.3 Å². The summed E-state index contributed by atoms with van der Waals surface area (Å²) in [7, 11) is 1.11. The van der Waals surface area contributed by atoms with Crippen molar-refractivity contribution in [2.75, 3.05) is 20.2 Å². The lowest BCUT2D eigenvalue weighted by atomic mass is 10.0. The zero-order valence-electron chi connectivity index (χ0n) is 13.2. The number of ether oxygens (including phenoxy) is 1. The molecule has 0 unspecified atom stereocenters. The van der Waals surface area contributed by atoms with Crippen LogP contribution in [0.3, 0.4) is 0 Å². The molecule has 0 atom stereocenters. The number of amides is 1. The molecule has 2 aromatic rings. The summed E-state index contributed by atoms with van der Waals surface area (Å²) >= 11 is 0. The van der Waals surface area contributed by atoms with Gasteiger partial charge < -0.3 is 9.64 Å².